The Morgan fingerprint density at radius 3 is 2.50 bits per heavy atom. The van der Waals surface area contributed by atoms with Gasteiger partial charge in [-0.2, -0.15) is 0 Å². The van der Waals surface area contributed by atoms with Gasteiger partial charge in [-0.05, 0) is 21.0 Å². The number of likely N-dealkylation sites (N-methyl/N-ethyl adjacent to an activating group) is 1. The van der Waals surface area contributed by atoms with Gasteiger partial charge in [0.2, 0.25) is 0 Å². The Hall–Kier alpha value is -0.200. The summed E-state index contributed by atoms with van der Waals surface area (Å²) in [6.07, 6.45) is -1.60. The second kappa shape index (κ2) is 4.12. The Morgan fingerprint density at radius 2 is 2.07 bits per heavy atom. The summed E-state index contributed by atoms with van der Waals surface area (Å²) in [6, 6.07) is 0. The van der Waals surface area contributed by atoms with Crippen LogP contribution in [0.25, 0.3) is 0 Å². The molecule has 1 aliphatic heterocycles. The standard InChI is InChI=1S/C9H19NO4/c1-6-8(11)9(12,10(2)3)5-7(13-4)14-6/h6-8,11-12H,5H2,1-4H3/t6-,7-,8+,9-/m1/s1. The zero-order chi connectivity index (χ0) is 10.9. The van der Waals surface area contributed by atoms with E-state index in [1.165, 1.54) is 7.11 Å². The summed E-state index contributed by atoms with van der Waals surface area (Å²) in [5.74, 6) is 0. The number of ether oxygens (including phenoxy) is 2. The second-order valence-electron chi connectivity index (χ2n) is 3.93. The minimum absolute atomic E-state index is 0.238. The smallest absolute Gasteiger partial charge is 0.161 e. The molecule has 4 atom stereocenters. The third-order valence-corrected chi connectivity index (χ3v) is 2.79. The highest BCUT2D eigenvalue weighted by atomic mass is 16.7. The highest BCUT2D eigenvalue weighted by Gasteiger charge is 2.48. The van der Waals surface area contributed by atoms with Crippen LogP contribution in [0.3, 0.4) is 0 Å². The fourth-order valence-electron chi connectivity index (χ4n) is 1.69. The van der Waals surface area contributed by atoms with E-state index in [4.69, 9.17) is 9.47 Å². The van der Waals surface area contributed by atoms with Gasteiger partial charge in [0.25, 0.3) is 0 Å². The van der Waals surface area contributed by atoms with Crippen LogP contribution in [0.1, 0.15) is 13.3 Å². The molecule has 14 heavy (non-hydrogen) atoms. The van der Waals surface area contributed by atoms with Crippen LogP contribution < -0.4 is 0 Å². The number of methoxy groups -OCH3 is 1. The van der Waals surface area contributed by atoms with Crippen LogP contribution >= 0.6 is 0 Å². The molecule has 0 aliphatic carbocycles. The molecule has 0 radical (unpaired) electrons. The Bertz CT molecular complexity index is 199. The zero-order valence-electron chi connectivity index (χ0n) is 9.10. The summed E-state index contributed by atoms with van der Waals surface area (Å²) in [5, 5.41) is 20.0. The molecule has 0 saturated carbocycles. The predicted octanol–water partition coefficient (Wildman–Crippen LogP) is -0.621. The van der Waals surface area contributed by atoms with E-state index in [0.29, 0.717) is 0 Å². The quantitative estimate of drug-likeness (QED) is 0.588. The van der Waals surface area contributed by atoms with Crippen LogP contribution in [0.4, 0.5) is 0 Å². The van der Waals surface area contributed by atoms with Gasteiger partial charge in [0.15, 0.2) is 12.0 Å². The van der Waals surface area contributed by atoms with Gasteiger partial charge in [0.1, 0.15) is 6.10 Å². The highest BCUT2D eigenvalue weighted by Crippen LogP contribution is 2.30. The molecular formula is C9H19NO4. The lowest BCUT2D eigenvalue weighted by Crippen LogP contribution is -2.63. The summed E-state index contributed by atoms with van der Waals surface area (Å²) >= 11 is 0. The molecule has 0 aromatic carbocycles. The van der Waals surface area contributed by atoms with Crippen molar-refractivity contribution in [3.8, 4) is 0 Å². The third-order valence-electron chi connectivity index (χ3n) is 2.79. The molecule has 5 heteroatoms. The van der Waals surface area contributed by atoms with Gasteiger partial charge >= 0.3 is 0 Å². The van der Waals surface area contributed by atoms with E-state index >= 15 is 0 Å². The fourth-order valence-corrected chi connectivity index (χ4v) is 1.69. The first-order chi connectivity index (χ1) is 6.41. The van der Waals surface area contributed by atoms with E-state index in [2.05, 4.69) is 0 Å². The van der Waals surface area contributed by atoms with Gasteiger partial charge in [-0.15, -0.1) is 0 Å². The number of hydrogen-bond acceptors (Lipinski definition) is 5. The van der Waals surface area contributed by atoms with Crippen LogP contribution in [-0.2, 0) is 9.47 Å². The monoisotopic (exact) mass is 205 g/mol. The second-order valence-corrected chi connectivity index (χ2v) is 3.93. The lowest BCUT2D eigenvalue weighted by molar-refractivity contribution is -0.302. The van der Waals surface area contributed by atoms with Gasteiger partial charge in [-0.1, -0.05) is 0 Å². The molecule has 0 amide bonds. The summed E-state index contributed by atoms with van der Waals surface area (Å²) in [5.41, 5.74) is -1.28. The number of rotatable bonds is 2. The number of hydrogen-bond donors (Lipinski definition) is 2. The minimum atomic E-state index is -1.28. The number of aliphatic hydroxyl groups is 2. The van der Waals surface area contributed by atoms with Crippen molar-refractivity contribution in [2.45, 2.75) is 37.6 Å². The van der Waals surface area contributed by atoms with Crippen molar-refractivity contribution in [1.82, 2.24) is 4.90 Å². The van der Waals surface area contributed by atoms with Crippen molar-refractivity contribution in [3.63, 3.8) is 0 Å². The average Bonchev–Trinajstić information content (AvgIpc) is 2.13. The van der Waals surface area contributed by atoms with Crippen molar-refractivity contribution < 1.29 is 19.7 Å². The zero-order valence-corrected chi connectivity index (χ0v) is 9.10. The van der Waals surface area contributed by atoms with E-state index in [1.54, 1.807) is 25.9 Å². The van der Waals surface area contributed by atoms with Crippen LogP contribution in [0.2, 0.25) is 0 Å². The van der Waals surface area contributed by atoms with E-state index in [-0.39, 0.29) is 6.42 Å². The number of nitrogens with zero attached hydrogens (tertiary/aromatic N) is 1. The summed E-state index contributed by atoms with van der Waals surface area (Å²) in [4.78, 5) is 1.59. The van der Waals surface area contributed by atoms with Crippen molar-refractivity contribution in [3.05, 3.63) is 0 Å². The molecule has 1 fully saturated rings. The van der Waals surface area contributed by atoms with E-state index < -0.39 is 24.2 Å². The highest BCUT2D eigenvalue weighted by molar-refractivity contribution is 4.92. The van der Waals surface area contributed by atoms with Crippen LogP contribution in [0.5, 0.6) is 0 Å². The van der Waals surface area contributed by atoms with Gasteiger partial charge in [-0.25, -0.2) is 0 Å². The molecule has 1 saturated heterocycles. The fraction of sp³-hybridized carbons (Fsp3) is 1.00. The first-order valence-electron chi connectivity index (χ1n) is 4.68. The maximum Gasteiger partial charge on any atom is 0.161 e. The summed E-state index contributed by atoms with van der Waals surface area (Å²) in [6.45, 7) is 1.71. The maximum absolute atomic E-state index is 10.2. The molecule has 1 heterocycles. The first-order valence-corrected chi connectivity index (χ1v) is 4.68. The summed E-state index contributed by atoms with van der Waals surface area (Å²) in [7, 11) is 4.95. The largest absolute Gasteiger partial charge is 0.386 e. The molecule has 0 unspecified atom stereocenters. The van der Waals surface area contributed by atoms with Crippen molar-refractivity contribution in [2.75, 3.05) is 21.2 Å². The minimum Gasteiger partial charge on any atom is -0.386 e. The molecule has 0 spiro atoms. The molecular weight excluding hydrogens is 186 g/mol. The average molecular weight is 205 g/mol. The third kappa shape index (κ3) is 1.92. The van der Waals surface area contributed by atoms with E-state index in [9.17, 15) is 10.2 Å². The molecule has 0 aromatic heterocycles. The van der Waals surface area contributed by atoms with E-state index in [0.717, 1.165) is 0 Å². The SMILES string of the molecule is CO[C@H]1C[C@](O)(N(C)C)[C@@H](O)[C@@H](C)O1. The van der Waals surface area contributed by atoms with Gasteiger partial charge < -0.3 is 19.7 Å². The van der Waals surface area contributed by atoms with Gasteiger partial charge in [0.05, 0.1) is 6.10 Å². The lowest BCUT2D eigenvalue weighted by Gasteiger charge is -2.46. The van der Waals surface area contributed by atoms with Gasteiger partial charge in [0, 0.05) is 13.5 Å². The summed E-state index contributed by atoms with van der Waals surface area (Å²) < 4.78 is 10.4. The number of aliphatic hydroxyl groups excluding tert-OH is 1. The molecule has 5 nitrogen and oxygen atoms in total. The Labute approximate surface area is 84.2 Å². The van der Waals surface area contributed by atoms with Crippen molar-refractivity contribution in [2.24, 2.45) is 0 Å². The normalized spacial score (nSPS) is 44.4. The van der Waals surface area contributed by atoms with Crippen LogP contribution in [0.15, 0.2) is 0 Å². The maximum atomic E-state index is 10.2. The van der Waals surface area contributed by atoms with E-state index in [1.807, 2.05) is 0 Å². The Balaban J connectivity index is 2.81. The van der Waals surface area contributed by atoms with Crippen molar-refractivity contribution in [1.29, 1.82) is 0 Å². The molecule has 2 N–H and O–H groups in total. The Kier molecular flexibility index (Phi) is 3.49. The molecule has 0 bridgehead atoms. The first kappa shape index (κ1) is 11.9. The molecule has 0 aromatic rings. The topological polar surface area (TPSA) is 62.2 Å². The lowest BCUT2D eigenvalue weighted by atomic mass is 9.94. The molecule has 1 aliphatic rings. The molecule has 1 rings (SSSR count). The van der Waals surface area contributed by atoms with Crippen molar-refractivity contribution >= 4 is 0 Å². The van der Waals surface area contributed by atoms with Crippen LogP contribution in [-0.4, -0.2) is 60.5 Å². The van der Waals surface area contributed by atoms with Crippen LogP contribution in [0, 0.1) is 0 Å². The predicted molar refractivity (Wildman–Crippen MR) is 50.6 cm³/mol. The molecule has 84 valence electrons. The Morgan fingerprint density at radius 1 is 1.50 bits per heavy atom. The van der Waals surface area contributed by atoms with Gasteiger partial charge in [-0.3, -0.25) is 4.90 Å².